The molecule has 0 saturated carbocycles. The van der Waals surface area contributed by atoms with Crippen molar-refractivity contribution < 1.29 is 5.11 Å². The highest BCUT2D eigenvalue weighted by atomic mass is 35.5. The maximum atomic E-state index is 11.8. The number of aromatic hydroxyl groups is 1. The lowest BCUT2D eigenvalue weighted by atomic mass is 10.1. The van der Waals surface area contributed by atoms with E-state index in [4.69, 9.17) is 17.3 Å². The smallest absolute Gasteiger partial charge is 0.262 e. The van der Waals surface area contributed by atoms with Gasteiger partial charge in [-0.1, -0.05) is 29.8 Å². The highest BCUT2D eigenvalue weighted by molar-refractivity contribution is 6.33. The molecule has 0 spiro atoms. The van der Waals surface area contributed by atoms with E-state index < -0.39 is 5.56 Å². The molecule has 0 aliphatic rings. The van der Waals surface area contributed by atoms with Crippen LogP contribution in [-0.2, 0) is 6.54 Å². The maximum absolute atomic E-state index is 11.8. The standard InChI is InChI=1S/C11H10ClN3O2/c12-7-4-2-1-3-6(7)9-10(16)14-8(5-13)15-11(9)17/h1-4H,5,13H2,(H2,14,15,16,17). The second-order valence-electron chi connectivity index (χ2n) is 3.40. The number of nitrogens with one attached hydrogen (secondary N) is 1. The number of halogens is 1. The first kappa shape index (κ1) is 11.6. The molecule has 5 nitrogen and oxygen atoms in total. The van der Waals surface area contributed by atoms with Crippen LogP contribution in [0.3, 0.4) is 0 Å². The van der Waals surface area contributed by atoms with Gasteiger partial charge in [0.1, 0.15) is 11.4 Å². The molecule has 2 aromatic rings. The molecule has 2 rings (SSSR count). The molecule has 4 N–H and O–H groups in total. The van der Waals surface area contributed by atoms with E-state index in [1.807, 2.05) is 0 Å². The number of aromatic amines is 1. The lowest BCUT2D eigenvalue weighted by Crippen LogP contribution is -2.16. The number of H-pyrrole nitrogens is 1. The Balaban J connectivity index is 2.69. The minimum absolute atomic E-state index is 0.0472. The van der Waals surface area contributed by atoms with Gasteiger partial charge in [-0.2, -0.15) is 4.98 Å². The predicted molar refractivity (Wildman–Crippen MR) is 64.9 cm³/mol. The van der Waals surface area contributed by atoms with Crippen LogP contribution in [0.5, 0.6) is 5.88 Å². The van der Waals surface area contributed by atoms with E-state index >= 15 is 0 Å². The maximum Gasteiger partial charge on any atom is 0.262 e. The van der Waals surface area contributed by atoms with Crippen LogP contribution in [0.15, 0.2) is 29.1 Å². The van der Waals surface area contributed by atoms with Crippen LogP contribution in [0.1, 0.15) is 5.82 Å². The Morgan fingerprint density at radius 2 is 2.12 bits per heavy atom. The summed E-state index contributed by atoms with van der Waals surface area (Å²) in [6, 6.07) is 6.72. The fourth-order valence-corrected chi connectivity index (χ4v) is 1.74. The predicted octanol–water partition coefficient (Wildman–Crippen LogP) is 1.25. The first-order valence-corrected chi connectivity index (χ1v) is 5.28. The largest absolute Gasteiger partial charge is 0.493 e. The molecule has 17 heavy (non-hydrogen) atoms. The Bertz CT molecular complexity index is 610. The van der Waals surface area contributed by atoms with Gasteiger partial charge in [-0.05, 0) is 6.07 Å². The van der Waals surface area contributed by atoms with Gasteiger partial charge in [0, 0.05) is 10.6 Å². The Hall–Kier alpha value is -1.85. The highest BCUT2D eigenvalue weighted by Gasteiger charge is 2.14. The van der Waals surface area contributed by atoms with Gasteiger partial charge in [-0.25, -0.2) is 0 Å². The number of nitrogens with zero attached hydrogens (tertiary/aromatic N) is 1. The SMILES string of the molecule is NCc1nc(O)c(-c2ccccc2Cl)c(=O)[nH]1. The average molecular weight is 252 g/mol. The zero-order valence-corrected chi connectivity index (χ0v) is 9.53. The summed E-state index contributed by atoms with van der Waals surface area (Å²) >= 11 is 5.96. The van der Waals surface area contributed by atoms with Crippen molar-refractivity contribution in [1.82, 2.24) is 9.97 Å². The Labute approximate surface area is 102 Å². The van der Waals surface area contributed by atoms with Crippen molar-refractivity contribution in [2.45, 2.75) is 6.54 Å². The molecular weight excluding hydrogens is 242 g/mol. The molecule has 0 saturated heterocycles. The fraction of sp³-hybridized carbons (Fsp3) is 0.0909. The summed E-state index contributed by atoms with van der Waals surface area (Å²) in [5.41, 5.74) is 5.35. The Morgan fingerprint density at radius 3 is 2.71 bits per heavy atom. The summed E-state index contributed by atoms with van der Waals surface area (Å²) in [6.07, 6.45) is 0. The van der Waals surface area contributed by atoms with Crippen molar-refractivity contribution >= 4 is 11.6 Å². The van der Waals surface area contributed by atoms with E-state index in [1.54, 1.807) is 24.3 Å². The summed E-state index contributed by atoms with van der Waals surface area (Å²) in [6.45, 7) is 0.0472. The van der Waals surface area contributed by atoms with Crippen molar-refractivity contribution in [1.29, 1.82) is 0 Å². The quantitative estimate of drug-likeness (QED) is 0.749. The van der Waals surface area contributed by atoms with Gasteiger partial charge in [0.2, 0.25) is 5.88 Å². The first-order chi connectivity index (χ1) is 8.13. The molecule has 0 aliphatic carbocycles. The molecule has 6 heteroatoms. The first-order valence-electron chi connectivity index (χ1n) is 4.90. The number of rotatable bonds is 2. The molecule has 0 radical (unpaired) electrons. The number of nitrogens with two attached hydrogens (primary N) is 1. The third-order valence-electron chi connectivity index (χ3n) is 2.29. The van der Waals surface area contributed by atoms with Crippen molar-refractivity contribution in [2.24, 2.45) is 5.73 Å². The van der Waals surface area contributed by atoms with Crippen molar-refractivity contribution in [3.05, 3.63) is 45.5 Å². The summed E-state index contributed by atoms with van der Waals surface area (Å²) in [5.74, 6) is -0.148. The normalized spacial score (nSPS) is 10.5. The molecule has 0 fully saturated rings. The van der Waals surface area contributed by atoms with E-state index in [-0.39, 0.29) is 23.8 Å². The van der Waals surface area contributed by atoms with Gasteiger partial charge in [0.05, 0.1) is 6.54 Å². The molecule has 0 aliphatic heterocycles. The summed E-state index contributed by atoms with van der Waals surface area (Å²) in [5, 5.41) is 10.1. The topological polar surface area (TPSA) is 92.0 Å². The summed E-state index contributed by atoms with van der Waals surface area (Å²) in [4.78, 5) is 18.1. The molecule has 0 amide bonds. The van der Waals surface area contributed by atoms with Crippen molar-refractivity contribution in [2.75, 3.05) is 0 Å². The van der Waals surface area contributed by atoms with Crippen LogP contribution >= 0.6 is 11.6 Å². The van der Waals surface area contributed by atoms with Crippen LogP contribution in [0.2, 0.25) is 5.02 Å². The van der Waals surface area contributed by atoms with Gasteiger partial charge < -0.3 is 15.8 Å². The van der Waals surface area contributed by atoms with Crippen molar-refractivity contribution in [3.63, 3.8) is 0 Å². The number of aromatic nitrogens is 2. The molecule has 88 valence electrons. The van der Waals surface area contributed by atoms with E-state index in [0.717, 1.165) is 0 Å². The molecule has 1 heterocycles. The van der Waals surface area contributed by atoms with Gasteiger partial charge in [0.15, 0.2) is 0 Å². The van der Waals surface area contributed by atoms with Crippen molar-refractivity contribution in [3.8, 4) is 17.0 Å². The molecule has 0 bridgehead atoms. The van der Waals surface area contributed by atoms with Crippen LogP contribution in [0.25, 0.3) is 11.1 Å². The number of benzene rings is 1. The summed E-state index contributed by atoms with van der Waals surface area (Å²) in [7, 11) is 0. The minimum Gasteiger partial charge on any atom is -0.493 e. The van der Waals surface area contributed by atoms with Crippen LogP contribution < -0.4 is 11.3 Å². The second kappa shape index (κ2) is 4.57. The van der Waals surface area contributed by atoms with E-state index in [2.05, 4.69) is 9.97 Å². The molecule has 0 unspecified atom stereocenters. The van der Waals surface area contributed by atoms with Crippen LogP contribution in [-0.4, -0.2) is 15.1 Å². The molecule has 0 atom stereocenters. The fourth-order valence-electron chi connectivity index (χ4n) is 1.51. The number of hydrogen-bond donors (Lipinski definition) is 3. The van der Waals surface area contributed by atoms with Crippen LogP contribution in [0.4, 0.5) is 0 Å². The third kappa shape index (κ3) is 2.15. The molecular formula is C11H10ClN3O2. The second-order valence-corrected chi connectivity index (χ2v) is 3.80. The lowest BCUT2D eigenvalue weighted by molar-refractivity contribution is 0.450. The number of hydrogen-bond acceptors (Lipinski definition) is 4. The Morgan fingerprint density at radius 1 is 1.41 bits per heavy atom. The van der Waals surface area contributed by atoms with E-state index in [1.165, 1.54) is 0 Å². The van der Waals surface area contributed by atoms with Gasteiger partial charge >= 0.3 is 0 Å². The highest BCUT2D eigenvalue weighted by Crippen LogP contribution is 2.29. The monoisotopic (exact) mass is 251 g/mol. The minimum atomic E-state index is -0.467. The Kier molecular flexibility index (Phi) is 3.12. The van der Waals surface area contributed by atoms with E-state index in [0.29, 0.717) is 10.6 Å². The zero-order chi connectivity index (χ0) is 12.4. The zero-order valence-electron chi connectivity index (χ0n) is 8.77. The lowest BCUT2D eigenvalue weighted by Gasteiger charge is -2.06. The van der Waals surface area contributed by atoms with E-state index in [9.17, 15) is 9.90 Å². The molecule has 1 aromatic heterocycles. The van der Waals surface area contributed by atoms with Gasteiger partial charge in [0.25, 0.3) is 5.56 Å². The van der Waals surface area contributed by atoms with Gasteiger partial charge in [-0.15, -0.1) is 0 Å². The third-order valence-corrected chi connectivity index (χ3v) is 2.62. The summed E-state index contributed by atoms with van der Waals surface area (Å²) < 4.78 is 0. The molecule has 1 aromatic carbocycles. The van der Waals surface area contributed by atoms with Crippen LogP contribution in [0, 0.1) is 0 Å². The van der Waals surface area contributed by atoms with Gasteiger partial charge in [-0.3, -0.25) is 4.79 Å². The average Bonchev–Trinajstić information content (AvgIpc) is 2.30.